The molecule has 1 aromatic heterocycles. The summed E-state index contributed by atoms with van der Waals surface area (Å²) in [6.45, 7) is 7.03. The molecule has 0 aliphatic carbocycles. The highest BCUT2D eigenvalue weighted by Gasteiger charge is 2.11. The third-order valence-corrected chi connectivity index (χ3v) is 2.68. The van der Waals surface area contributed by atoms with Crippen molar-refractivity contribution >= 4 is 11.7 Å². The van der Waals surface area contributed by atoms with Crippen LogP contribution in [-0.2, 0) is 11.3 Å². The minimum absolute atomic E-state index is 0.0120. The number of nitrogens with zero attached hydrogens (tertiary/aromatic N) is 2. The maximum atomic E-state index is 11.7. The van der Waals surface area contributed by atoms with Gasteiger partial charge < -0.3 is 15.5 Å². The van der Waals surface area contributed by atoms with E-state index in [1.54, 1.807) is 0 Å². The summed E-state index contributed by atoms with van der Waals surface area (Å²) in [6, 6.07) is 2.25. The SMILES string of the molecule is CNCc1cnc(N(C)CC(=O)NC(C)C)c(C)c1. The second-order valence-corrected chi connectivity index (χ2v) is 5.09. The fourth-order valence-electron chi connectivity index (χ4n) is 1.98. The van der Waals surface area contributed by atoms with Crippen LogP contribution in [0.3, 0.4) is 0 Å². The zero-order valence-corrected chi connectivity index (χ0v) is 12.4. The van der Waals surface area contributed by atoms with Gasteiger partial charge in [-0.25, -0.2) is 4.98 Å². The van der Waals surface area contributed by atoms with Crippen molar-refractivity contribution in [3.05, 3.63) is 23.4 Å². The molecule has 106 valence electrons. The Labute approximate surface area is 115 Å². The van der Waals surface area contributed by atoms with Crippen molar-refractivity contribution in [3.63, 3.8) is 0 Å². The number of hydrogen-bond acceptors (Lipinski definition) is 4. The van der Waals surface area contributed by atoms with Crippen LogP contribution in [0.25, 0.3) is 0 Å². The summed E-state index contributed by atoms with van der Waals surface area (Å²) < 4.78 is 0. The molecule has 0 radical (unpaired) electrons. The molecule has 0 aliphatic rings. The first kappa shape index (κ1) is 15.4. The molecular weight excluding hydrogens is 240 g/mol. The fraction of sp³-hybridized carbons (Fsp3) is 0.571. The second-order valence-electron chi connectivity index (χ2n) is 5.09. The van der Waals surface area contributed by atoms with Gasteiger partial charge in [0.15, 0.2) is 0 Å². The van der Waals surface area contributed by atoms with Crippen LogP contribution >= 0.6 is 0 Å². The first-order chi connectivity index (χ1) is 8.93. The zero-order valence-electron chi connectivity index (χ0n) is 12.4. The minimum Gasteiger partial charge on any atom is -0.352 e. The van der Waals surface area contributed by atoms with Gasteiger partial charge in [-0.2, -0.15) is 0 Å². The van der Waals surface area contributed by atoms with Gasteiger partial charge in [0.25, 0.3) is 0 Å². The number of anilines is 1. The van der Waals surface area contributed by atoms with Gasteiger partial charge in [0.05, 0.1) is 6.54 Å². The molecule has 0 aliphatic heterocycles. The topological polar surface area (TPSA) is 57.3 Å². The number of aryl methyl sites for hydroxylation is 1. The molecule has 0 saturated carbocycles. The van der Waals surface area contributed by atoms with Gasteiger partial charge >= 0.3 is 0 Å². The van der Waals surface area contributed by atoms with E-state index in [0.717, 1.165) is 23.5 Å². The molecule has 0 bridgehead atoms. The molecule has 0 aromatic carbocycles. The van der Waals surface area contributed by atoms with E-state index in [4.69, 9.17) is 0 Å². The lowest BCUT2D eigenvalue weighted by Gasteiger charge is -2.20. The van der Waals surface area contributed by atoms with E-state index in [2.05, 4.69) is 21.7 Å². The van der Waals surface area contributed by atoms with Crippen molar-refractivity contribution in [1.29, 1.82) is 0 Å². The minimum atomic E-state index is 0.0120. The van der Waals surface area contributed by atoms with Gasteiger partial charge in [0, 0.05) is 25.8 Å². The Morgan fingerprint density at radius 1 is 1.47 bits per heavy atom. The summed E-state index contributed by atoms with van der Waals surface area (Å²) in [4.78, 5) is 18.0. The normalized spacial score (nSPS) is 10.6. The number of carbonyl (C=O) groups excluding carboxylic acids is 1. The van der Waals surface area contributed by atoms with E-state index >= 15 is 0 Å². The maximum absolute atomic E-state index is 11.7. The first-order valence-electron chi connectivity index (χ1n) is 6.54. The van der Waals surface area contributed by atoms with Crippen LogP contribution in [0.4, 0.5) is 5.82 Å². The Hall–Kier alpha value is -1.62. The number of carbonyl (C=O) groups is 1. The largest absolute Gasteiger partial charge is 0.352 e. The molecule has 0 atom stereocenters. The van der Waals surface area contributed by atoms with E-state index in [1.807, 2.05) is 46.0 Å². The van der Waals surface area contributed by atoms with Crippen molar-refractivity contribution in [2.24, 2.45) is 0 Å². The molecule has 0 spiro atoms. The fourth-order valence-corrected chi connectivity index (χ4v) is 1.98. The summed E-state index contributed by atoms with van der Waals surface area (Å²) >= 11 is 0. The lowest BCUT2D eigenvalue weighted by molar-refractivity contribution is -0.120. The molecule has 0 saturated heterocycles. The van der Waals surface area contributed by atoms with Gasteiger partial charge in [-0.05, 0) is 45.0 Å². The molecule has 0 fully saturated rings. The number of pyridine rings is 1. The Kier molecular flexibility index (Phi) is 5.76. The summed E-state index contributed by atoms with van der Waals surface area (Å²) in [6.07, 6.45) is 1.84. The van der Waals surface area contributed by atoms with Crippen LogP contribution in [0.1, 0.15) is 25.0 Å². The van der Waals surface area contributed by atoms with Crippen molar-refractivity contribution in [2.75, 3.05) is 25.5 Å². The van der Waals surface area contributed by atoms with Crippen molar-refractivity contribution in [3.8, 4) is 0 Å². The van der Waals surface area contributed by atoms with E-state index < -0.39 is 0 Å². The molecule has 5 heteroatoms. The molecule has 1 aromatic rings. The third-order valence-electron chi connectivity index (χ3n) is 2.68. The molecule has 1 amide bonds. The van der Waals surface area contributed by atoms with Gasteiger partial charge in [0.1, 0.15) is 5.82 Å². The smallest absolute Gasteiger partial charge is 0.239 e. The van der Waals surface area contributed by atoms with Gasteiger partial charge in [-0.1, -0.05) is 0 Å². The molecule has 1 heterocycles. The predicted molar refractivity (Wildman–Crippen MR) is 78.3 cm³/mol. The molecule has 1 rings (SSSR count). The van der Waals surface area contributed by atoms with Crippen LogP contribution < -0.4 is 15.5 Å². The molecule has 5 nitrogen and oxygen atoms in total. The number of amides is 1. The lowest BCUT2D eigenvalue weighted by atomic mass is 10.2. The highest BCUT2D eigenvalue weighted by atomic mass is 16.2. The Morgan fingerprint density at radius 2 is 2.16 bits per heavy atom. The third kappa shape index (κ3) is 4.87. The molecule has 2 N–H and O–H groups in total. The van der Waals surface area contributed by atoms with E-state index in [0.29, 0.717) is 6.54 Å². The van der Waals surface area contributed by atoms with Crippen molar-refractivity contribution < 1.29 is 4.79 Å². The first-order valence-corrected chi connectivity index (χ1v) is 6.54. The van der Waals surface area contributed by atoms with Gasteiger partial charge in [0.2, 0.25) is 5.91 Å². The second kappa shape index (κ2) is 7.09. The Morgan fingerprint density at radius 3 is 2.68 bits per heavy atom. The molecule has 0 unspecified atom stereocenters. The van der Waals surface area contributed by atoms with Gasteiger partial charge in [-0.15, -0.1) is 0 Å². The zero-order chi connectivity index (χ0) is 14.4. The number of hydrogen-bond donors (Lipinski definition) is 2. The summed E-state index contributed by atoms with van der Waals surface area (Å²) in [5.41, 5.74) is 2.22. The number of likely N-dealkylation sites (N-methyl/N-ethyl adjacent to an activating group) is 1. The summed E-state index contributed by atoms with van der Waals surface area (Å²) in [5.74, 6) is 0.858. The lowest BCUT2D eigenvalue weighted by Crippen LogP contribution is -2.39. The van der Waals surface area contributed by atoms with Crippen LogP contribution in [0.5, 0.6) is 0 Å². The Bertz CT molecular complexity index is 431. The maximum Gasteiger partial charge on any atom is 0.239 e. The van der Waals surface area contributed by atoms with Crippen molar-refractivity contribution in [1.82, 2.24) is 15.6 Å². The number of nitrogens with one attached hydrogen (secondary N) is 2. The monoisotopic (exact) mass is 264 g/mol. The average molecular weight is 264 g/mol. The van der Waals surface area contributed by atoms with Crippen LogP contribution in [-0.4, -0.2) is 37.6 Å². The standard InChI is InChI=1S/C14H24N4O/c1-10(2)17-13(19)9-18(5)14-11(3)6-12(7-15-4)8-16-14/h6,8,10,15H,7,9H2,1-5H3,(H,17,19). The van der Waals surface area contributed by atoms with Gasteiger partial charge in [-0.3, -0.25) is 4.79 Å². The molecule has 19 heavy (non-hydrogen) atoms. The van der Waals surface area contributed by atoms with E-state index in [1.165, 1.54) is 0 Å². The predicted octanol–water partition coefficient (Wildman–Crippen LogP) is 1.07. The average Bonchev–Trinajstić information content (AvgIpc) is 2.27. The quantitative estimate of drug-likeness (QED) is 0.807. The highest BCUT2D eigenvalue weighted by molar-refractivity contribution is 5.81. The van der Waals surface area contributed by atoms with E-state index in [-0.39, 0.29) is 11.9 Å². The van der Waals surface area contributed by atoms with Crippen LogP contribution in [0.15, 0.2) is 12.3 Å². The van der Waals surface area contributed by atoms with Crippen LogP contribution in [0, 0.1) is 6.92 Å². The van der Waals surface area contributed by atoms with E-state index in [9.17, 15) is 4.79 Å². The number of rotatable bonds is 6. The summed E-state index contributed by atoms with van der Waals surface area (Å²) in [7, 11) is 3.79. The summed E-state index contributed by atoms with van der Waals surface area (Å²) in [5, 5.41) is 5.97. The Balaban J connectivity index is 2.71. The van der Waals surface area contributed by atoms with Crippen LogP contribution in [0.2, 0.25) is 0 Å². The molecular formula is C14H24N4O. The van der Waals surface area contributed by atoms with Crippen molar-refractivity contribution in [2.45, 2.75) is 33.4 Å². The number of aromatic nitrogens is 1. The highest BCUT2D eigenvalue weighted by Crippen LogP contribution is 2.16.